The van der Waals surface area contributed by atoms with Gasteiger partial charge in [-0.1, -0.05) is 54.6 Å². The number of nitrogens with one attached hydrogen (secondary N) is 3. The molecule has 6 heteroatoms. The molecule has 2 amide bonds. The minimum atomic E-state index is -0.261. The van der Waals surface area contributed by atoms with Gasteiger partial charge in [0, 0.05) is 16.9 Å². The number of amides is 2. The van der Waals surface area contributed by atoms with Crippen molar-refractivity contribution in [3.05, 3.63) is 109 Å². The Morgan fingerprint density at radius 2 is 1.29 bits per heavy atom. The molecule has 0 saturated heterocycles. The number of hydrogen-bond donors (Lipinski definition) is 3. The van der Waals surface area contributed by atoms with Crippen LogP contribution in [0.4, 0.5) is 17.1 Å². The van der Waals surface area contributed by atoms with Gasteiger partial charge in [0.1, 0.15) is 5.75 Å². The van der Waals surface area contributed by atoms with Crippen molar-refractivity contribution >= 4 is 28.9 Å². The second kappa shape index (κ2) is 10.8. The number of methoxy groups -OCH3 is 1. The Labute approximate surface area is 198 Å². The van der Waals surface area contributed by atoms with Crippen molar-refractivity contribution in [2.24, 2.45) is 0 Å². The molecule has 0 aliphatic heterocycles. The van der Waals surface area contributed by atoms with Crippen molar-refractivity contribution in [1.29, 1.82) is 0 Å². The van der Waals surface area contributed by atoms with Gasteiger partial charge < -0.3 is 20.7 Å². The van der Waals surface area contributed by atoms with Crippen molar-refractivity contribution in [3.63, 3.8) is 0 Å². The molecule has 0 aliphatic carbocycles. The van der Waals surface area contributed by atoms with E-state index in [-0.39, 0.29) is 18.4 Å². The maximum atomic E-state index is 12.5. The summed E-state index contributed by atoms with van der Waals surface area (Å²) in [5.41, 5.74) is 4.80. The van der Waals surface area contributed by atoms with Crippen molar-refractivity contribution in [2.45, 2.75) is 0 Å². The van der Waals surface area contributed by atoms with Crippen molar-refractivity contribution in [1.82, 2.24) is 0 Å². The van der Waals surface area contributed by atoms with Crippen molar-refractivity contribution < 1.29 is 14.3 Å². The highest BCUT2D eigenvalue weighted by Crippen LogP contribution is 2.24. The van der Waals surface area contributed by atoms with Gasteiger partial charge >= 0.3 is 0 Å². The fraction of sp³-hybridized carbons (Fsp3) is 0.0714. The lowest BCUT2D eigenvalue weighted by molar-refractivity contribution is -0.114. The van der Waals surface area contributed by atoms with Crippen LogP contribution in [-0.2, 0) is 4.79 Å². The van der Waals surface area contributed by atoms with Crippen LogP contribution in [0.15, 0.2) is 103 Å². The fourth-order valence-electron chi connectivity index (χ4n) is 3.45. The molecule has 0 aromatic heterocycles. The molecule has 34 heavy (non-hydrogen) atoms. The summed E-state index contributed by atoms with van der Waals surface area (Å²) in [5, 5.41) is 8.78. The molecule has 4 rings (SSSR count). The van der Waals surface area contributed by atoms with E-state index in [0.717, 1.165) is 16.8 Å². The Balaban J connectivity index is 1.28. The molecule has 170 valence electrons. The molecule has 0 bridgehead atoms. The highest BCUT2D eigenvalue weighted by molar-refractivity contribution is 6.05. The average molecular weight is 452 g/mol. The normalized spacial score (nSPS) is 10.3. The number of benzene rings is 4. The van der Waals surface area contributed by atoms with Gasteiger partial charge in [-0.05, 0) is 59.7 Å². The SMILES string of the molecule is COc1ccccc1NC(=O)c1ccc(NC(=O)CNc2ccc(-c3ccccc3)cc2)cc1. The lowest BCUT2D eigenvalue weighted by Crippen LogP contribution is -2.21. The number of para-hydroxylation sites is 2. The Kier molecular flexibility index (Phi) is 7.20. The molecule has 0 saturated carbocycles. The number of carbonyl (C=O) groups excluding carboxylic acids is 2. The minimum absolute atomic E-state index is 0.126. The quantitative estimate of drug-likeness (QED) is 0.323. The lowest BCUT2D eigenvalue weighted by Gasteiger charge is -2.11. The minimum Gasteiger partial charge on any atom is -0.495 e. The fourth-order valence-corrected chi connectivity index (χ4v) is 3.45. The van der Waals surface area contributed by atoms with E-state index in [4.69, 9.17) is 4.74 Å². The van der Waals surface area contributed by atoms with Gasteiger partial charge in [0.2, 0.25) is 5.91 Å². The molecule has 0 atom stereocenters. The predicted octanol–water partition coefficient (Wildman–Crippen LogP) is 5.67. The Hall–Kier alpha value is -4.58. The summed E-state index contributed by atoms with van der Waals surface area (Å²) < 4.78 is 5.26. The van der Waals surface area contributed by atoms with Crippen molar-refractivity contribution in [2.75, 3.05) is 29.6 Å². The Morgan fingerprint density at radius 1 is 0.676 bits per heavy atom. The molecule has 0 heterocycles. The highest BCUT2D eigenvalue weighted by Gasteiger charge is 2.10. The number of anilines is 3. The van der Waals surface area contributed by atoms with Crippen LogP contribution in [0, 0.1) is 0 Å². The zero-order valence-electron chi connectivity index (χ0n) is 18.7. The molecule has 0 unspecified atom stereocenters. The summed E-state index contributed by atoms with van der Waals surface area (Å²) in [7, 11) is 1.55. The van der Waals surface area contributed by atoms with Crippen LogP contribution in [-0.4, -0.2) is 25.5 Å². The first kappa shape index (κ1) is 22.6. The molecular weight excluding hydrogens is 426 g/mol. The van der Waals surface area contributed by atoms with Gasteiger partial charge in [-0.15, -0.1) is 0 Å². The van der Waals surface area contributed by atoms with Crippen molar-refractivity contribution in [3.8, 4) is 16.9 Å². The maximum Gasteiger partial charge on any atom is 0.255 e. The van der Waals surface area contributed by atoms with Crippen LogP contribution in [0.1, 0.15) is 10.4 Å². The summed E-state index contributed by atoms with van der Waals surface area (Å²) in [6.07, 6.45) is 0. The van der Waals surface area contributed by atoms with E-state index >= 15 is 0 Å². The zero-order valence-corrected chi connectivity index (χ0v) is 18.7. The summed E-state index contributed by atoms with van der Waals surface area (Å²) in [5.74, 6) is 0.142. The standard InChI is InChI=1S/C28H25N3O3/c1-34-26-10-6-5-9-25(26)31-28(33)22-13-17-24(18-14-22)30-27(32)19-29-23-15-11-21(12-16-23)20-7-3-2-4-8-20/h2-18,29H,19H2,1H3,(H,30,32)(H,31,33). The average Bonchev–Trinajstić information content (AvgIpc) is 2.89. The molecule has 0 radical (unpaired) electrons. The number of hydrogen-bond acceptors (Lipinski definition) is 4. The molecule has 3 N–H and O–H groups in total. The van der Waals surface area contributed by atoms with Crippen LogP contribution in [0.25, 0.3) is 11.1 Å². The van der Waals surface area contributed by atoms with Gasteiger partial charge in [0.05, 0.1) is 19.3 Å². The number of carbonyl (C=O) groups is 2. The molecular formula is C28H25N3O3. The van der Waals surface area contributed by atoms with Crippen LogP contribution in [0.2, 0.25) is 0 Å². The van der Waals surface area contributed by atoms with Crippen LogP contribution < -0.4 is 20.7 Å². The Bertz CT molecular complexity index is 1250. The third-order valence-corrected chi connectivity index (χ3v) is 5.23. The van der Waals surface area contributed by atoms with Gasteiger partial charge in [-0.2, -0.15) is 0 Å². The third-order valence-electron chi connectivity index (χ3n) is 5.23. The van der Waals surface area contributed by atoms with E-state index in [1.807, 2.05) is 54.6 Å². The molecule has 4 aromatic rings. The molecule has 4 aromatic carbocycles. The molecule has 0 aliphatic rings. The summed E-state index contributed by atoms with van der Waals surface area (Å²) >= 11 is 0. The first-order chi connectivity index (χ1) is 16.6. The van der Waals surface area contributed by atoms with E-state index in [9.17, 15) is 9.59 Å². The summed E-state index contributed by atoms with van der Waals surface area (Å²) in [4.78, 5) is 24.9. The lowest BCUT2D eigenvalue weighted by atomic mass is 10.1. The van der Waals surface area contributed by atoms with Crippen LogP contribution >= 0.6 is 0 Å². The maximum absolute atomic E-state index is 12.5. The zero-order chi connectivity index (χ0) is 23.8. The van der Waals surface area contributed by atoms with E-state index in [0.29, 0.717) is 22.7 Å². The van der Waals surface area contributed by atoms with Crippen LogP contribution in [0.5, 0.6) is 5.75 Å². The smallest absolute Gasteiger partial charge is 0.255 e. The van der Waals surface area contributed by atoms with Gasteiger partial charge in [0.15, 0.2) is 0 Å². The van der Waals surface area contributed by atoms with Gasteiger partial charge in [-0.25, -0.2) is 0 Å². The first-order valence-corrected chi connectivity index (χ1v) is 10.9. The van der Waals surface area contributed by atoms with Gasteiger partial charge in [-0.3, -0.25) is 9.59 Å². The largest absolute Gasteiger partial charge is 0.495 e. The Morgan fingerprint density at radius 3 is 2.00 bits per heavy atom. The molecule has 0 fully saturated rings. The van der Waals surface area contributed by atoms with Crippen LogP contribution in [0.3, 0.4) is 0 Å². The molecule has 0 spiro atoms. The topological polar surface area (TPSA) is 79.5 Å². The van der Waals surface area contributed by atoms with Gasteiger partial charge in [0.25, 0.3) is 5.91 Å². The predicted molar refractivity (Wildman–Crippen MR) is 136 cm³/mol. The first-order valence-electron chi connectivity index (χ1n) is 10.9. The monoisotopic (exact) mass is 451 g/mol. The summed E-state index contributed by atoms with van der Waals surface area (Å²) in [6.45, 7) is 0.126. The second-order valence-electron chi connectivity index (χ2n) is 7.58. The number of ether oxygens (including phenoxy) is 1. The van der Waals surface area contributed by atoms with E-state index in [1.54, 1.807) is 43.5 Å². The van der Waals surface area contributed by atoms with E-state index < -0.39 is 0 Å². The van der Waals surface area contributed by atoms with E-state index in [1.165, 1.54) is 0 Å². The highest BCUT2D eigenvalue weighted by atomic mass is 16.5. The second-order valence-corrected chi connectivity index (χ2v) is 7.58. The summed E-state index contributed by atoms with van der Waals surface area (Å²) in [6, 6.07) is 32.0. The third kappa shape index (κ3) is 5.81. The molecule has 6 nitrogen and oxygen atoms in total. The van der Waals surface area contributed by atoms with E-state index in [2.05, 4.69) is 28.1 Å². The number of rotatable bonds is 8.